The van der Waals surface area contributed by atoms with Gasteiger partial charge in [-0.25, -0.2) is 0 Å². The summed E-state index contributed by atoms with van der Waals surface area (Å²) in [6.07, 6.45) is 4.34. The minimum atomic E-state index is -0.252. The van der Waals surface area contributed by atoms with Crippen LogP contribution in [0.15, 0.2) is 18.5 Å². The topological polar surface area (TPSA) is 89.5 Å². The average molecular weight is 309 g/mol. The summed E-state index contributed by atoms with van der Waals surface area (Å²) in [6, 6.07) is 1.53. The molecule has 0 saturated heterocycles. The maximum atomic E-state index is 11.9. The van der Waals surface area contributed by atoms with Gasteiger partial charge in [0.1, 0.15) is 0 Å². The van der Waals surface area contributed by atoms with E-state index >= 15 is 0 Å². The highest BCUT2D eigenvalue weighted by Gasteiger charge is 2.10. The number of nitrogens with zero attached hydrogens (tertiary/aromatic N) is 1. The zero-order valence-electron chi connectivity index (χ0n) is 13.1. The predicted octanol–water partition coefficient (Wildman–Crippen LogP) is 0.614. The molecule has 1 heterocycles. The van der Waals surface area contributed by atoms with E-state index in [-0.39, 0.29) is 11.8 Å². The standard InChI is InChI=1S/C15H23N3O4/c1-21-7-3-5-17-14(19)12-9-13(11-16-10-12)15(20)18-6-4-8-22-2/h9-11H,3-8H2,1-2H3,(H,17,19)(H,18,20). The molecule has 0 saturated carbocycles. The van der Waals surface area contributed by atoms with E-state index in [1.807, 2.05) is 0 Å². The van der Waals surface area contributed by atoms with Crippen molar-refractivity contribution >= 4 is 11.8 Å². The van der Waals surface area contributed by atoms with E-state index in [1.54, 1.807) is 14.2 Å². The third-order valence-corrected chi connectivity index (χ3v) is 2.88. The average Bonchev–Trinajstić information content (AvgIpc) is 2.55. The summed E-state index contributed by atoms with van der Waals surface area (Å²) < 4.78 is 9.82. The Morgan fingerprint density at radius 3 is 1.82 bits per heavy atom. The number of hydrogen-bond acceptors (Lipinski definition) is 5. The molecule has 0 bridgehead atoms. The molecule has 22 heavy (non-hydrogen) atoms. The smallest absolute Gasteiger partial charge is 0.252 e. The van der Waals surface area contributed by atoms with Crippen LogP contribution in [0.25, 0.3) is 0 Å². The number of ether oxygens (including phenoxy) is 2. The molecule has 0 aliphatic rings. The lowest BCUT2D eigenvalue weighted by molar-refractivity contribution is 0.0947. The third kappa shape index (κ3) is 6.64. The highest BCUT2D eigenvalue weighted by Crippen LogP contribution is 2.03. The van der Waals surface area contributed by atoms with E-state index in [1.165, 1.54) is 18.5 Å². The summed E-state index contributed by atoms with van der Waals surface area (Å²) in [6.45, 7) is 2.20. The zero-order valence-corrected chi connectivity index (χ0v) is 13.1. The van der Waals surface area contributed by atoms with Crippen molar-refractivity contribution in [2.24, 2.45) is 0 Å². The van der Waals surface area contributed by atoms with Crippen LogP contribution < -0.4 is 10.6 Å². The van der Waals surface area contributed by atoms with E-state index < -0.39 is 0 Å². The molecule has 0 spiro atoms. The summed E-state index contributed by atoms with van der Waals surface area (Å²) in [7, 11) is 3.22. The molecule has 0 unspecified atom stereocenters. The summed E-state index contributed by atoms with van der Waals surface area (Å²) >= 11 is 0. The maximum absolute atomic E-state index is 11.9. The molecule has 7 nitrogen and oxygen atoms in total. The van der Waals surface area contributed by atoms with Gasteiger partial charge >= 0.3 is 0 Å². The first-order chi connectivity index (χ1) is 10.7. The molecule has 0 aliphatic heterocycles. The minimum absolute atomic E-state index is 0.252. The zero-order chi connectivity index (χ0) is 16.2. The Morgan fingerprint density at radius 1 is 0.955 bits per heavy atom. The van der Waals surface area contributed by atoms with Crippen LogP contribution >= 0.6 is 0 Å². The number of nitrogens with one attached hydrogen (secondary N) is 2. The Morgan fingerprint density at radius 2 is 1.41 bits per heavy atom. The van der Waals surface area contributed by atoms with Crippen LogP contribution in [-0.4, -0.2) is 57.3 Å². The molecule has 1 aromatic rings. The monoisotopic (exact) mass is 309 g/mol. The summed E-state index contributed by atoms with van der Waals surface area (Å²) in [5.41, 5.74) is 0.726. The molecule has 122 valence electrons. The summed E-state index contributed by atoms with van der Waals surface area (Å²) in [5, 5.41) is 5.51. The van der Waals surface area contributed by atoms with Gasteiger partial charge in [-0.05, 0) is 18.9 Å². The highest BCUT2D eigenvalue weighted by molar-refractivity contribution is 5.99. The molecule has 0 aliphatic carbocycles. The van der Waals surface area contributed by atoms with Crippen molar-refractivity contribution in [2.45, 2.75) is 12.8 Å². The second-order valence-electron chi connectivity index (χ2n) is 4.67. The second-order valence-corrected chi connectivity index (χ2v) is 4.67. The number of amides is 2. The van der Waals surface area contributed by atoms with Crippen molar-refractivity contribution in [2.75, 3.05) is 40.5 Å². The molecule has 0 fully saturated rings. The molecular formula is C15H23N3O4. The van der Waals surface area contributed by atoms with Gasteiger partial charge < -0.3 is 20.1 Å². The van der Waals surface area contributed by atoms with E-state index in [0.717, 1.165) is 12.8 Å². The molecule has 1 aromatic heterocycles. The van der Waals surface area contributed by atoms with Gasteiger partial charge in [0.2, 0.25) is 0 Å². The van der Waals surface area contributed by atoms with Crippen molar-refractivity contribution in [3.8, 4) is 0 Å². The maximum Gasteiger partial charge on any atom is 0.252 e. The first-order valence-corrected chi connectivity index (χ1v) is 7.18. The molecule has 2 amide bonds. The van der Waals surface area contributed by atoms with Gasteiger partial charge in [-0.15, -0.1) is 0 Å². The predicted molar refractivity (Wildman–Crippen MR) is 81.9 cm³/mol. The van der Waals surface area contributed by atoms with Crippen LogP contribution in [0.5, 0.6) is 0 Å². The fraction of sp³-hybridized carbons (Fsp3) is 0.533. The first-order valence-electron chi connectivity index (χ1n) is 7.18. The number of rotatable bonds is 10. The normalized spacial score (nSPS) is 10.3. The Kier molecular flexibility index (Phi) is 8.78. The highest BCUT2D eigenvalue weighted by atomic mass is 16.5. The lowest BCUT2D eigenvalue weighted by Crippen LogP contribution is -2.27. The lowest BCUT2D eigenvalue weighted by Gasteiger charge is -2.07. The molecule has 1 rings (SSSR count). The first kappa shape index (κ1) is 18.1. The van der Waals surface area contributed by atoms with Crippen molar-refractivity contribution in [3.05, 3.63) is 29.6 Å². The van der Waals surface area contributed by atoms with Crippen LogP contribution in [0.4, 0.5) is 0 Å². The van der Waals surface area contributed by atoms with Crippen molar-refractivity contribution in [1.29, 1.82) is 0 Å². The number of hydrogen-bond donors (Lipinski definition) is 2. The van der Waals surface area contributed by atoms with E-state index in [0.29, 0.717) is 37.4 Å². The second kappa shape index (κ2) is 10.7. The number of pyridine rings is 1. The summed E-state index contributed by atoms with van der Waals surface area (Å²) in [4.78, 5) is 27.8. The van der Waals surface area contributed by atoms with Crippen LogP contribution in [0, 0.1) is 0 Å². The van der Waals surface area contributed by atoms with Crippen LogP contribution in [0.3, 0.4) is 0 Å². The number of carbonyl (C=O) groups is 2. The van der Waals surface area contributed by atoms with Gasteiger partial charge in [0.05, 0.1) is 11.1 Å². The quantitative estimate of drug-likeness (QED) is 0.618. The van der Waals surface area contributed by atoms with Crippen LogP contribution in [0.1, 0.15) is 33.6 Å². The van der Waals surface area contributed by atoms with E-state index in [9.17, 15) is 9.59 Å². The van der Waals surface area contributed by atoms with Gasteiger partial charge in [0.15, 0.2) is 0 Å². The minimum Gasteiger partial charge on any atom is -0.385 e. The number of carbonyl (C=O) groups excluding carboxylic acids is 2. The number of aromatic nitrogens is 1. The number of methoxy groups -OCH3 is 2. The van der Waals surface area contributed by atoms with E-state index in [4.69, 9.17) is 9.47 Å². The van der Waals surface area contributed by atoms with Gasteiger partial charge in [-0.1, -0.05) is 0 Å². The molecular weight excluding hydrogens is 286 g/mol. The van der Waals surface area contributed by atoms with Crippen LogP contribution in [-0.2, 0) is 9.47 Å². The Hall–Kier alpha value is -1.99. The molecule has 0 radical (unpaired) electrons. The third-order valence-electron chi connectivity index (χ3n) is 2.88. The summed E-state index contributed by atoms with van der Waals surface area (Å²) in [5.74, 6) is -0.504. The fourth-order valence-electron chi connectivity index (χ4n) is 1.73. The van der Waals surface area contributed by atoms with Crippen molar-refractivity contribution < 1.29 is 19.1 Å². The van der Waals surface area contributed by atoms with Crippen LogP contribution in [0.2, 0.25) is 0 Å². The fourth-order valence-corrected chi connectivity index (χ4v) is 1.73. The molecule has 2 N–H and O–H groups in total. The molecule has 0 atom stereocenters. The Labute approximate surface area is 130 Å². The molecule has 7 heteroatoms. The van der Waals surface area contributed by atoms with Gasteiger partial charge in [-0.3, -0.25) is 14.6 Å². The largest absolute Gasteiger partial charge is 0.385 e. The molecule has 0 aromatic carbocycles. The lowest BCUT2D eigenvalue weighted by atomic mass is 10.2. The van der Waals surface area contributed by atoms with E-state index in [2.05, 4.69) is 15.6 Å². The van der Waals surface area contributed by atoms with Gasteiger partial charge in [0.25, 0.3) is 11.8 Å². The van der Waals surface area contributed by atoms with Crippen molar-refractivity contribution in [3.63, 3.8) is 0 Å². The SMILES string of the molecule is COCCCNC(=O)c1cncc(C(=O)NCCCOC)c1. The van der Waals surface area contributed by atoms with Crippen molar-refractivity contribution in [1.82, 2.24) is 15.6 Å². The Bertz CT molecular complexity index is 440. The Balaban J connectivity index is 2.50. The van der Waals surface area contributed by atoms with Gasteiger partial charge in [0, 0.05) is 52.9 Å². The van der Waals surface area contributed by atoms with Gasteiger partial charge in [-0.2, -0.15) is 0 Å².